The number of amides is 2. The number of hydrogen-bond donors (Lipinski definition) is 2. The highest BCUT2D eigenvalue weighted by atomic mass is 35.5. The topological polar surface area (TPSA) is 74.3 Å². The number of nitrogens with one attached hydrogen (secondary N) is 2. The van der Waals surface area contributed by atoms with Gasteiger partial charge < -0.3 is 15.5 Å². The molecule has 1 aliphatic heterocycles. The second kappa shape index (κ2) is 8.44. The highest BCUT2D eigenvalue weighted by Gasteiger charge is 2.26. The third-order valence-electron chi connectivity index (χ3n) is 4.16. The molecule has 1 saturated heterocycles. The van der Waals surface area contributed by atoms with Crippen LogP contribution in [0.4, 0.5) is 5.82 Å². The summed E-state index contributed by atoms with van der Waals surface area (Å²) < 4.78 is 0. The Bertz CT molecular complexity index is 568. The van der Waals surface area contributed by atoms with Gasteiger partial charge in [0.1, 0.15) is 5.82 Å². The number of likely N-dealkylation sites (tertiary alicyclic amines) is 1. The van der Waals surface area contributed by atoms with Gasteiger partial charge in [-0.1, -0.05) is 25.4 Å². The molecule has 0 spiro atoms. The maximum atomic E-state index is 12.2. The van der Waals surface area contributed by atoms with Crippen LogP contribution < -0.4 is 10.6 Å². The quantitative estimate of drug-likeness (QED) is 0.852. The lowest BCUT2D eigenvalue weighted by Crippen LogP contribution is -2.50. The SMILES string of the molecule is CC(C)C(=O)N1CCC(NC(C)C(=O)Nc2ccc(Cl)cn2)CC1. The van der Waals surface area contributed by atoms with Gasteiger partial charge in [-0.25, -0.2) is 4.98 Å². The average Bonchev–Trinajstić information content (AvgIpc) is 2.56. The van der Waals surface area contributed by atoms with Crippen LogP contribution in [-0.2, 0) is 9.59 Å². The number of carbonyl (C=O) groups is 2. The molecule has 1 unspecified atom stereocenters. The molecule has 6 nitrogen and oxygen atoms in total. The first-order chi connectivity index (χ1) is 11.4. The van der Waals surface area contributed by atoms with Crippen molar-refractivity contribution in [1.29, 1.82) is 0 Å². The van der Waals surface area contributed by atoms with Crippen molar-refractivity contribution in [3.63, 3.8) is 0 Å². The number of rotatable bonds is 5. The summed E-state index contributed by atoms with van der Waals surface area (Å²) in [5, 5.41) is 6.63. The van der Waals surface area contributed by atoms with E-state index in [-0.39, 0.29) is 29.8 Å². The second-order valence-electron chi connectivity index (χ2n) is 6.49. The monoisotopic (exact) mass is 352 g/mol. The molecule has 1 aromatic rings. The molecule has 1 atom stereocenters. The first-order valence-corrected chi connectivity index (χ1v) is 8.72. The number of pyridine rings is 1. The fraction of sp³-hybridized carbons (Fsp3) is 0.588. The summed E-state index contributed by atoms with van der Waals surface area (Å²) in [6, 6.07) is 3.26. The first kappa shape index (κ1) is 18.7. The van der Waals surface area contributed by atoms with Crippen LogP contribution in [0.1, 0.15) is 33.6 Å². The summed E-state index contributed by atoms with van der Waals surface area (Å²) in [6.07, 6.45) is 3.21. The summed E-state index contributed by atoms with van der Waals surface area (Å²) in [6.45, 7) is 7.15. The van der Waals surface area contributed by atoms with Gasteiger partial charge >= 0.3 is 0 Å². The van der Waals surface area contributed by atoms with Crippen molar-refractivity contribution in [3.05, 3.63) is 23.4 Å². The highest BCUT2D eigenvalue weighted by Crippen LogP contribution is 2.14. The van der Waals surface area contributed by atoms with Crippen LogP contribution in [-0.4, -0.2) is 46.9 Å². The minimum Gasteiger partial charge on any atom is -0.342 e. The molecule has 1 aromatic heterocycles. The number of halogens is 1. The van der Waals surface area contributed by atoms with E-state index in [1.54, 1.807) is 12.1 Å². The predicted molar refractivity (Wildman–Crippen MR) is 94.9 cm³/mol. The zero-order valence-corrected chi connectivity index (χ0v) is 15.1. The molecular weight excluding hydrogens is 328 g/mol. The molecule has 7 heteroatoms. The zero-order valence-electron chi connectivity index (χ0n) is 14.4. The lowest BCUT2D eigenvalue weighted by molar-refractivity contribution is -0.135. The van der Waals surface area contributed by atoms with Crippen molar-refractivity contribution in [2.45, 2.75) is 45.7 Å². The number of carbonyl (C=O) groups excluding carboxylic acids is 2. The summed E-state index contributed by atoms with van der Waals surface area (Å²) in [5.74, 6) is 0.583. The van der Waals surface area contributed by atoms with E-state index in [2.05, 4.69) is 15.6 Å². The molecule has 0 bridgehead atoms. The molecule has 2 N–H and O–H groups in total. The number of piperidine rings is 1. The Hall–Kier alpha value is -1.66. The number of anilines is 1. The first-order valence-electron chi connectivity index (χ1n) is 8.34. The lowest BCUT2D eigenvalue weighted by atomic mass is 10.0. The predicted octanol–water partition coefficient (Wildman–Crippen LogP) is 2.30. The smallest absolute Gasteiger partial charge is 0.242 e. The maximum absolute atomic E-state index is 12.2. The van der Waals surface area contributed by atoms with E-state index >= 15 is 0 Å². The Morgan fingerprint density at radius 1 is 1.25 bits per heavy atom. The number of hydrogen-bond acceptors (Lipinski definition) is 4. The Morgan fingerprint density at radius 2 is 1.92 bits per heavy atom. The van der Waals surface area contributed by atoms with E-state index in [9.17, 15) is 9.59 Å². The van der Waals surface area contributed by atoms with Crippen LogP contribution >= 0.6 is 11.6 Å². The maximum Gasteiger partial charge on any atom is 0.242 e. The van der Waals surface area contributed by atoms with E-state index in [0.29, 0.717) is 10.8 Å². The largest absolute Gasteiger partial charge is 0.342 e. The Kier molecular flexibility index (Phi) is 6.57. The van der Waals surface area contributed by atoms with E-state index in [0.717, 1.165) is 25.9 Å². The van der Waals surface area contributed by atoms with Gasteiger partial charge in [0.25, 0.3) is 0 Å². The minimum absolute atomic E-state index is 0.0334. The van der Waals surface area contributed by atoms with Crippen molar-refractivity contribution in [1.82, 2.24) is 15.2 Å². The van der Waals surface area contributed by atoms with E-state index < -0.39 is 0 Å². The Morgan fingerprint density at radius 3 is 2.46 bits per heavy atom. The number of nitrogens with zero attached hydrogens (tertiary/aromatic N) is 2. The fourth-order valence-corrected chi connectivity index (χ4v) is 2.86. The Balaban J connectivity index is 1.78. The lowest BCUT2D eigenvalue weighted by Gasteiger charge is -2.34. The average molecular weight is 353 g/mol. The fourth-order valence-electron chi connectivity index (χ4n) is 2.75. The summed E-state index contributed by atoms with van der Waals surface area (Å²) in [7, 11) is 0. The molecule has 132 valence electrons. The summed E-state index contributed by atoms with van der Waals surface area (Å²) in [5.41, 5.74) is 0. The van der Waals surface area contributed by atoms with Crippen LogP contribution in [0.5, 0.6) is 0 Å². The molecule has 0 aliphatic carbocycles. The van der Waals surface area contributed by atoms with Gasteiger partial charge in [0.2, 0.25) is 11.8 Å². The molecule has 1 aliphatic rings. The Labute approximate surface area is 148 Å². The van der Waals surface area contributed by atoms with Gasteiger partial charge in [0.05, 0.1) is 11.1 Å². The van der Waals surface area contributed by atoms with Gasteiger partial charge in [-0.15, -0.1) is 0 Å². The summed E-state index contributed by atoms with van der Waals surface area (Å²) >= 11 is 5.78. The molecule has 0 radical (unpaired) electrons. The molecular formula is C17H25ClN4O2. The van der Waals surface area contributed by atoms with Gasteiger partial charge in [-0.2, -0.15) is 0 Å². The standard InChI is InChI=1S/C17H25ClN4O2/c1-11(2)17(24)22-8-6-14(7-9-22)20-12(3)16(23)21-15-5-4-13(18)10-19-15/h4-5,10-12,14,20H,6-9H2,1-3H3,(H,19,21,23). The van der Waals surface area contributed by atoms with Crippen LogP contribution in [0.3, 0.4) is 0 Å². The van der Waals surface area contributed by atoms with E-state index in [1.165, 1.54) is 6.20 Å². The molecule has 2 heterocycles. The molecule has 2 rings (SSSR count). The van der Waals surface area contributed by atoms with Crippen LogP contribution in [0.15, 0.2) is 18.3 Å². The van der Waals surface area contributed by atoms with Gasteiger partial charge in [0.15, 0.2) is 0 Å². The molecule has 24 heavy (non-hydrogen) atoms. The normalized spacial score (nSPS) is 17.0. The van der Waals surface area contributed by atoms with Gasteiger partial charge in [-0.05, 0) is 31.9 Å². The molecule has 0 aromatic carbocycles. The van der Waals surface area contributed by atoms with Crippen LogP contribution in [0.2, 0.25) is 5.02 Å². The van der Waals surface area contributed by atoms with Crippen LogP contribution in [0, 0.1) is 5.92 Å². The van der Waals surface area contributed by atoms with Crippen molar-refractivity contribution < 1.29 is 9.59 Å². The zero-order chi connectivity index (χ0) is 17.7. The molecule has 1 fully saturated rings. The van der Waals surface area contributed by atoms with Crippen molar-refractivity contribution in [3.8, 4) is 0 Å². The molecule has 0 saturated carbocycles. The molecule has 2 amide bonds. The van der Waals surface area contributed by atoms with Gasteiger partial charge in [-0.3, -0.25) is 9.59 Å². The van der Waals surface area contributed by atoms with Crippen LogP contribution in [0.25, 0.3) is 0 Å². The highest BCUT2D eigenvalue weighted by molar-refractivity contribution is 6.30. The summed E-state index contributed by atoms with van der Waals surface area (Å²) in [4.78, 5) is 30.2. The van der Waals surface area contributed by atoms with E-state index in [4.69, 9.17) is 11.6 Å². The van der Waals surface area contributed by atoms with Crippen molar-refractivity contribution >= 4 is 29.2 Å². The van der Waals surface area contributed by atoms with Crippen molar-refractivity contribution in [2.24, 2.45) is 5.92 Å². The van der Waals surface area contributed by atoms with E-state index in [1.807, 2.05) is 25.7 Å². The minimum atomic E-state index is -0.333. The third kappa shape index (κ3) is 5.18. The third-order valence-corrected chi connectivity index (χ3v) is 4.38. The van der Waals surface area contributed by atoms with Crippen molar-refractivity contribution in [2.75, 3.05) is 18.4 Å². The van der Waals surface area contributed by atoms with Gasteiger partial charge in [0, 0.05) is 31.2 Å². The number of aromatic nitrogens is 1. The second-order valence-corrected chi connectivity index (χ2v) is 6.93.